The van der Waals surface area contributed by atoms with Crippen molar-refractivity contribution < 1.29 is 50.1 Å². The van der Waals surface area contributed by atoms with Gasteiger partial charge in [0.1, 0.15) is 11.1 Å². The molecule has 1 atom stereocenters. The normalized spacial score (nSPS) is 15.8. The summed E-state index contributed by atoms with van der Waals surface area (Å²) in [6.45, 7) is 7.22. The van der Waals surface area contributed by atoms with Crippen molar-refractivity contribution in [2.24, 2.45) is 5.41 Å². The number of carbonyl (C=O) groups excluding carboxylic acids is 2. The molecule has 2 aromatic heterocycles. The summed E-state index contributed by atoms with van der Waals surface area (Å²) in [6.07, 6.45) is -5.59. The van der Waals surface area contributed by atoms with Gasteiger partial charge in [-0.05, 0) is 70.9 Å². The Hall–Kier alpha value is -4.87. The van der Waals surface area contributed by atoms with Crippen LogP contribution in [0.4, 0.5) is 18.0 Å². The van der Waals surface area contributed by atoms with E-state index in [9.17, 15) is 31.2 Å². The summed E-state index contributed by atoms with van der Waals surface area (Å²) in [5.74, 6) is -0.459. The molecule has 14 nitrogen and oxygen atoms in total. The second kappa shape index (κ2) is 12.7. The highest BCUT2D eigenvalue weighted by molar-refractivity contribution is 7.90. The summed E-state index contributed by atoms with van der Waals surface area (Å²) in [5, 5.41) is 6.34. The number of ether oxygens (including phenoxy) is 2. The first kappa shape index (κ1) is 33.5. The lowest BCUT2D eigenvalue weighted by atomic mass is 9.98. The Balaban J connectivity index is 1.19. The van der Waals surface area contributed by atoms with Crippen LogP contribution in [-0.2, 0) is 30.5 Å². The Bertz CT molecular complexity index is 1820. The van der Waals surface area contributed by atoms with Gasteiger partial charge in [-0.3, -0.25) is 9.80 Å². The summed E-state index contributed by atoms with van der Waals surface area (Å²) in [5.41, 5.74) is -0.0878. The van der Waals surface area contributed by atoms with Crippen molar-refractivity contribution in [1.29, 1.82) is 0 Å². The lowest BCUT2D eigenvalue weighted by Gasteiger charge is -2.29. The summed E-state index contributed by atoms with van der Waals surface area (Å²) in [6, 6.07) is 12.6. The van der Waals surface area contributed by atoms with Crippen molar-refractivity contribution in [3.05, 3.63) is 65.9 Å². The molecular weight excluding hydrogens is 649 g/mol. The van der Waals surface area contributed by atoms with Gasteiger partial charge in [-0.25, -0.2) is 22.6 Å². The molecule has 0 aliphatic carbocycles. The van der Waals surface area contributed by atoms with Crippen molar-refractivity contribution >= 4 is 22.1 Å². The zero-order valence-corrected chi connectivity index (χ0v) is 26.7. The molecule has 4 aromatic rings. The van der Waals surface area contributed by atoms with E-state index >= 15 is 0 Å². The van der Waals surface area contributed by atoms with E-state index in [0.717, 1.165) is 33.5 Å². The molecule has 0 bridgehead atoms. The number of amides is 1. The third-order valence-electron chi connectivity index (χ3n) is 7.05. The third-order valence-corrected chi connectivity index (χ3v) is 8.38. The fourth-order valence-corrected chi connectivity index (χ4v) is 5.42. The smallest absolute Gasteiger partial charge is 0.435 e. The van der Waals surface area contributed by atoms with Gasteiger partial charge in [0.15, 0.2) is 5.69 Å². The van der Waals surface area contributed by atoms with E-state index in [1.165, 1.54) is 17.1 Å². The van der Waals surface area contributed by atoms with Crippen LogP contribution in [0.5, 0.6) is 0 Å². The first-order valence-electron chi connectivity index (χ1n) is 14.4. The predicted molar refractivity (Wildman–Crippen MR) is 158 cm³/mol. The summed E-state index contributed by atoms with van der Waals surface area (Å²) in [4.78, 5) is 30.5. The minimum Gasteiger partial charge on any atom is -0.444 e. The Kier molecular flexibility index (Phi) is 9.07. The number of halogens is 3. The number of hydrogen-bond acceptors (Lipinski definition) is 10. The molecule has 3 heterocycles. The molecule has 1 unspecified atom stereocenters. The Morgan fingerprint density at radius 3 is 2.38 bits per heavy atom. The number of aryl methyl sites for hydroxylation is 1. The van der Waals surface area contributed by atoms with Gasteiger partial charge in [-0.1, -0.05) is 29.8 Å². The fraction of sp³-hybridized carbons (Fsp3) is 0.414. The lowest BCUT2D eigenvalue weighted by Crippen LogP contribution is -2.47. The van der Waals surface area contributed by atoms with Crippen LogP contribution in [0.3, 0.4) is 0 Å². The molecule has 5 rings (SSSR count). The van der Waals surface area contributed by atoms with Crippen LogP contribution in [0.15, 0.2) is 64.1 Å². The van der Waals surface area contributed by atoms with Crippen molar-refractivity contribution in [2.45, 2.75) is 57.7 Å². The summed E-state index contributed by atoms with van der Waals surface area (Å²) >= 11 is 0. The number of carbonyl (C=O) groups is 2. The average Bonchev–Trinajstić information content (AvgIpc) is 3.62. The van der Waals surface area contributed by atoms with Crippen LogP contribution >= 0.6 is 0 Å². The maximum absolute atomic E-state index is 13.5. The van der Waals surface area contributed by atoms with Crippen LogP contribution in [0, 0.1) is 12.3 Å². The highest BCUT2D eigenvalue weighted by atomic mass is 32.2. The second-order valence-corrected chi connectivity index (χ2v) is 13.6. The van der Waals surface area contributed by atoms with E-state index in [1.54, 1.807) is 50.0 Å². The van der Waals surface area contributed by atoms with E-state index < -0.39 is 45.5 Å². The molecule has 0 radical (unpaired) electrons. The zero-order chi connectivity index (χ0) is 34.1. The number of benzene rings is 2. The first-order valence-corrected chi connectivity index (χ1v) is 15.9. The van der Waals surface area contributed by atoms with E-state index in [4.69, 9.17) is 18.9 Å². The van der Waals surface area contributed by atoms with Crippen molar-refractivity contribution in [1.82, 2.24) is 24.5 Å². The molecule has 0 spiro atoms. The molecule has 1 aliphatic rings. The molecule has 254 valence electrons. The molecule has 1 aliphatic heterocycles. The molecule has 1 fully saturated rings. The Labute approximate surface area is 267 Å². The number of nitrogens with zero attached hydrogens (tertiary/aromatic N) is 5. The van der Waals surface area contributed by atoms with Gasteiger partial charge in [0, 0.05) is 17.1 Å². The highest BCUT2D eigenvalue weighted by Gasteiger charge is 2.36. The Morgan fingerprint density at radius 2 is 1.74 bits per heavy atom. The van der Waals surface area contributed by atoms with Gasteiger partial charge < -0.3 is 14.3 Å². The van der Waals surface area contributed by atoms with Crippen LogP contribution in [0.25, 0.3) is 16.9 Å². The van der Waals surface area contributed by atoms with E-state index in [-0.39, 0.29) is 29.6 Å². The average molecular weight is 683 g/mol. The Morgan fingerprint density at radius 1 is 1.06 bits per heavy atom. The van der Waals surface area contributed by atoms with Gasteiger partial charge in [-0.15, -0.1) is 0 Å². The molecule has 1 N–H and O–H groups in total. The third kappa shape index (κ3) is 8.11. The van der Waals surface area contributed by atoms with Gasteiger partial charge >= 0.3 is 18.2 Å². The van der Waals surface area contributed by atoms with E-state index in [2.05, 4.69) is 5.10 Å². The monoisotopic (exact) mass is 682 g/mol. The molecule has 0 saturated carbocycles. The van der Waals surface area contributed by atoms with Gasteiger partial charge in [0.05, 0.1) is 28.2 Å². The predicted octanol–water partition coefficient (Wildman–Crippen LogP) is 4.25. The number of alkyl halides is 3. The van der Waals surface area contributed by atoms with Crippen molar-refractivity contribution in [3.8, 4) is 16.9 Å². The van der Waals surface area contributed by atoms with Crippen molar-refractivity contribution in [2.75, 3.05) is 24.9 Å². The number of esters is 1. The van der Waals surface area contributed by atoms with Crippen LogP contribution in [0.1, 0.15) is 44.9 Å². The quantitative estimate of drug-likeness (QED) is 0.200. The second-order valence-electron chi connectivity index (χ2n) is 11.9. The fourth-order valence-electron chi connectivity index (χ4n) is 4.54. The number of sulfonamides is 1. The lowest BCUT2D eigenvalue weighted by molar-refractivity contribution is -0.168. The maximum Gasteiger partial charge on any atom is 0.435 e. The summed E-state index contributed by atoms with van der Waals surface area (Å²) < 4.78 is 84.9. The maximum atomic E-state index is 13.5. The SMILES string of the molecule is Cc1ccc(-c2cc(C(F)(F)F)nn2-c2ccc(S(=O)(=O)NC(=O)OC3CCCN(n4on4OCOC(=O)C(C)(C)C)C3)cc2)cc1. The molecule has 1 saturated heterocycles. The standard InChI is InChI=1S/C29H33F3N6O8S/c1-19-7-9-20(10-8-19)24-16-25(29(30,31)32)33-36(24)21-11-13-23(14-12-21)47(41,42)34-27(40)45-22-6-5-15-35(17-22)37-38(46-37)44-18-43-26(39)28(2,3)4/h7-14,16,22H,5-6,15,17-18H2,1-4H3,(H,34,40). The summed E-state index contributed by atoms with van der Waals surface area (Å²) in [7, 11) is -4.40. The molecule has 2 aromatic carbocycles. The largest absolute Gasteiger partial charge is 0.444 e. The topological polar surface area (TPSA) is 152 Å². The molecule has 18 heteroatoms. The van der Waals surface area contributed by atoms with Crippen LogP contribution in [0.2, 0.25) is 0 Å². The van der Waals surface area contributed by atoms with Crippen LogP contribution < -0.4 is 14.6 Å². The van der Waals surface area contributed by atoms with E-state index in [0.29, 0.717) is 24.9 Å². The minimum absolute atomic E-state index is 0.150. The number of hydrogen-bond donors (Lipinski definition) is 1. The number of rotatable bonds is 9. The minimum atomic E-state index is -4.70. The number of piperidine rings is 1. The van der Waals surface area contributed by atoms with Gasteiger partial charge in [0.2, 0.25) is 0 Å². The van der Waals surface area contributed by atoms with Gasteiger partial charge in [0.25, 0.3) is 16.8 Å². The van der Waals surface area contributed by atoms with Gasteiger partial charge in [-0.2, -0.15) is 22.9 Å². The molecule has 47 heavy (non-hydrogen) atoms. The molecule has 1 amide bonds. The zero-order valence-electron chi connectivity index (χ0n) is 25.9. The first-order chi connectivity index (χ1) is 22.0. The highest BCUT2D eigenvalue weighted by Crippen LogP contribution is 2.33. The number of aromatic nitrogens is 4. The molecular formula is C29H33F3N6O8S. The van der Waals surface area contributed by atoms with Crippen LogP contribution in [-0.4, -0.2) is 66.2 Å². The van der Waals surface area contributed by atoms with Crippen molar-refractivity contribution in [3.63, 3.8) is 0 Å². The number of nitrogens with one attached hydrogen (secondary N) is 1. The van der Waals surface area contributed by atoms with E-state index in [1.807, 2.05) is 11.6 Å².